The number of benzene rings is 1. The zero-order valence-electron chi connectivity index (χ0n) is 9.04. The Morgan fingerprint density at radius 1 is 1.12 bits per heavy atom. The van der Waals surface area contributed by atoms with Gasteiger partial charge in [0.25, 0.3) is 0 Å². The number of esters is 1. The molecule has 0 unspecified atom stereocenters. The van der Waals surface area contributed by atoms with Gasteiger partial charge in [-0.2, -0.15) is 4.39 Å². The molecule has 0 aromatic heterocycles. The van der Waals surface area contributed by atoms with Gasteiger partial charge in [-0.25, -0.2) is 4.79 Å². The van der Waals surface area contributed by atoms with Crippen LogP contribution >= 0.6 is 34.8 Å². The lowest BCUT2D eigenvalue weighted by atomic mass is 10.1. The van der Waals surface area contributed by atoms with Crippen molar-refractivity contribution in [1.29, 1.82) is 0 Å². The van der Waals surface area contributed by atoms with E-state index in [1.54, 1.807) is 13.8 Å². The minimum absolute atomic E-state index is 0.0696. The van der Waals surface area contributed by atoms with Gasteiger partial charge in [0.2, 0.25) is 5.83 Å². The average molecular weight is 298 g/mol. The zero-order chi connectivity index (χ0) is 13.3. The highest BCUT2D eigenvalue weighted by Crippen LogP contribution is 2.42. The highest BCUT2D eigenvalue weighted by atomic mass is 35.5. The molecule has 2 nitrogen and oxygen atoms in total. The van der Waals surface area contributed by atoms with E-state index in [1.807, 2.05) is 0 Å². The lowest BCUT2D eigenvalue weighted by Gasteiger charge is -2.13. The minimum Gasteiger partial charge on any atom is -0.418 e. The Bertz CT molecular complexity index is 483. The molecule has 0 saturated heterocycles. The molecule has 0 atom stereocenters. The van der Waals surface area contributed by atoms with Gasteiger partial charge in [0.05, 0.1) is 10.0 Å². The van der Waals surface area contributed by atoms with Gasteiger partial charge in [-0.15, -0.1) is 0 Å². The van der Waals surface area contributed by atoms with Gasteiger partial charge >= 0.3 is 5.97 Å². The molecule has 0 aliphatic heterocycles. The third-order valence-electron chi connectivity index (χ3n) is 2.13. The van der Waals surface area contributed by atoms with Gasteiger partial charge in [-0.05, 0) is 25.0 Å². The molecule has 0 saturated carbocycles. The standard InChI is InChI=1S/C11H8Cl3FO2/c1-4-7(12)5(2)9(14)10(8(4)13)17-11(16)6(3)15/h3H2,1-2H3. The molecule has 0 aliphatic carbocycles. The molecule has 0 aliphatic rings. The molecular weight excluding hydrogens is 289 g/mol. The van der Waals surface area contributed by atoms with Crippen molar-refractivity contribution in [3.8, 4) is 5.75 Å². The van der Waals surface area contributed by atoms with Gasteiger partial charge in [-0.1, -0.05) is 41.4 Å². The molecule has 0 fully saturated rings. The molecule has 17 heavy (non-hydrogen) atoms. The van der Waals surface area contributed by atoms with Gasteiger partial charge in [0.1, 0.15) is 0 Å². The second-order valence-corrected chi connectivity index (χ2v) is 4.45. The van der Waals surface area contributed by atoms with Crippen molar-refractivity contribution in [2.75, 3.05) is 0 Å². The third kappa shape index (κ3) is 2.73. The van der Waals surface area contributed by atoms with Gasteiger partial charge in [0.15, 0.2) is 5.75 Å². The van der Waals surface area contributed by atoms with Crippen molar-refractivity contribution >= 4 is 40.8 Å². The summed E-state index contributed by atoms with van der Waals surface area (Å²) < 4.78 is 17.3. The van der Waals surface area contributed by atoms with Crippen LogP contribution in [0, 0.1) is 13.8 Å². The topological polar surface area (TPSA) is 26.3 Å². The summed E-state index contributed by atoms with van der Waals surface area (Å²) in [5, 5.41) is 0.513. The van der Waals surface area contributed by atoms with Crippen LogP contribution in [-0.4, -0.2) is 5.97 Å². The minimum atomic E-state index is -1.24. The first kappa shape index (κ1) is 14.3. The fourth-order valence-electron chi connectivity index (χ4n) is 1.15. The first-order valence-corrected chi connectivity index (χ1v) is 5.61. The van der Waals surface area contributed by atoms with Crippen LogP contribution in [0.1, 0.15) is 11.1 Å². The molecule has 0 radical (unpaired) electrons. The number of rotatable bonds is 2. The van der Waals surface area contributed by atoms with E-state index in [2.05, 4.69) is 6.58 Å². The first-order chi connectivity index (χ1) is 7.77. The van der Waals surface area contributed by atoms with Crippen LogP contribution in [-0.2, 0) is 4.79 Å². The van der Waals surface area contributed by atoms with Crippen LogP contribution in [0.2, 0.25) is 15.1 Å². The third-order valence-corrected chi connectivity index (χ3v) is 3.61. The summed E-state index contributed by atoms with van der Waals surface area (Å²) >= 11 is 17.8. The second kappa shape index (κ2) is 5.25. The fraction of sp³-hybridized carbons (Fsp3) is 0.182. The Hall–Kier alpha value is -0.770. The Morgan fingerprint density at radius 3 is 1.88 bits per heavy atom. The molecule has 0 N–H and O–H groups in total. The van der Waals surface area contributed by atoms with Gasteiger partial charge in [-0.3, -0.25) is 0 Å². The van der Waals surface area contributed by atoms with E-state index < -0.39 is 11.8 Å². The van der Waals surface area contributed by atoms with Crippen LogP contribution in [0.5, 0.6) is 5.75 Å². The van der Waals surface area contributed by atoms with Crippen molar-refractivity contribution < 1.29 is 13.9 Å². The van der Waals surface area contributed by atoms with Crippen LogP contribution in [0.3, 0.4) is 0 Å². The first-order valence-electron chi connectivity index (χ1n) is 4.47. The smallest absolute Gasteiger partial charge is 0.372 e. The van der Waals surface area contributed by atoms with Gasteiger partial charge in [0, 0.05) is 5.02 Å². The number of halogens is 4. The van der Waals surface area contributed by atoms with E-state index in [0.717, 1.165) is 0 Å². The van der Waals surface area contributed by atoms with Crippen molar-refractivity contribution in [3.05, 3.63) is 38.6 Å². The predicted octanol–water partition coefficient (Wildman–Crippen LogP) is 4.65. The molecule has 0 amide bonds. The van der Waals surface area contributed by atoms with Crippen molar-refractivity contribution in [3.63, 3.8) is 0 Å². The largest absolute Gasteiger partial charge is 0.418 e. The maximum Gasteiger partial charge on any atom is 0.372 e. The molecule has 0 bridgehead atoms. The fourth-order valence-corrected chi connectivity index (χ4v) is 1.94. The van der Waals surface area contributed by atoms with Crippen molar-refractivity contribution in [2.45, 2.75) is 13.8 Å². The molecule has 1 rings (SSSR count). The zero-order valence-corrected chi connectivity index (χ0v) is 11.3. The number of ether oxygens (including phenoxy) is 1. The second-order valence-electron chi connectivity index (χ2n) is 3.32. The maximum atomic E-state index is 12.5. The number of hydrogen-bond donors (Lipinski definition) is 0. The SMILES string of the molecule is C=C(F)C(=O)Oc1c(Cl)c(C)c(Cl)c(C)c1Cl. The van der Waals surface area contributed by atoms with E-state index in [4.69, 9.17) is 39.5 Å². The van der Waals surface area contributed by atoms with Crippen molar-refractivity contribution in [1.82, 2.24) is 0 Å². The molecule has 1 aromatic carbocycles. The molecule has 0 spiro atoms. The Kier molecular flexibility index (Phi) is 4.42. The molecule has 1 aromatic rings. The summed E-state index contributed by atoms with van der Waals surface area (Å²) in [5.74, 6) is -2.59. The summed E-state index contributed by atoms with van der Waals surface area (Å²) in [5.41, 5.74) is 1.00. The highest BCUT2D eigenvalue weighted by molar-refractivity contribution is 6.42. The highest BCUT2D eigenvalue weighted by Gasteiger charge is 2.21. The molecule has 92 valence electrons. The predicted molar refractivity (Wildman–Crippen MR) is 66.8 cm³/mol. The Morgan fingerprint density at radius 2 is 1.53 bits per heavy atom. The summed E-state index contributed by atoms with van der Waals surface area (Å²) in [4.78, 5) is 11.1. The number of carbonyl (C=O) groups excluding carboxylic acids is 1. The summed E-state index contributed by atoms with van der Waals surface area (Å²) in [6, 6.07) is 0. The van der Waals surface area contributed by atoms with E-state index in [1.165, 1.54) is 0 Å². The quantitative estimate of drug-likeness (QED) is 0.451. The maximum absolute atomic E-state index is 12.5. The molecular formula is C11H8Cl3FO2. The monoisotopic (exact) mass is 296 g/mol. The lowest BCUT2D eigenvalue weighted by molar-refractivity contribution is -0.131. The summed E-state index contributed by atoms with van der Waals surface area (Å²) in [6.45, 7) is 6.09. The van der Waals surface area contributed by atoms with Gasteiger partial charge < -0.3 is 4.74 Å². The van der Waals surface area contributed by atoms with Crippen LogP contribution in [0.4, 0.5) is 4.39 Å². The van der Waals surface area contributed by atoms with E-state index >= 15 is 0 Å². The Labute approximate surface area is 113 Å². The van der Waals surface area contributed by atoms with Crippen LogP contribution in [0.15, 0.2) is 12.4 Å². The lowest BCUT2D eigenvalue weighted by Crippen LogP contribution is -2.09. The van der Waals surface area contributed by atoms with Crippen LogP contribution < -0.4 is 4.74 Å². The normalized spacial score (nSPS) is 10.2. The number of hydrogen-bond acceptors (Lipinski definition) is 2. The van der Waals surface area contributed by atoms with Crippen LogP contribution in [0.25, 0.3) is 0 Å². The van der Waals surface area contributed by atoms with E-state index in [-0.39, 0.29) is 15.8 Å². The molecule has 6 heteroatoms. The van der Waals surface area contributed by atoms with Crippen molar-refractivity contribution in [2.24, 2.45) is 0 Å². The summed E-state index contributed by atoms with van der Waals surface area (Å²) in [6.07, 6.45) is 0. The van der Waals surface area contributed by atoms with E-state index in [9.17, 15) is 9.18 Å². The molecule has 0 heterocycles. The average Bonchev–Trinajstić information content (AvgIpc) is 2.29. The van der Waals surface area contributed by atoms with E-state index in [0.29, 0.717) is 16.1 Å². The number of carbonyl (C=O) groups is 1. The Balaban J connectivity index is 3.35. The summed E-state index contributed by atoms with van der Waals surface area (Å²) in [7, 11) is 0.